The van der Waals surface area contributed by atoms with Crippen molar-refractivity contribution in [3.63, 3.8) is 0 Å². The molecule has 0 aromatic heterocycles. The third kappa shape index (κ3) is 7.10. The first-order valence-electron chi connectivity index (χ1n) is 12.2. The smallest absolute Gasteiger partial charge is 0.293 e. The predicted molar refractivity (Wildman–Crippen MR) is 156 cm³/mol. The van der Waals surface area contributed by atoms with Crippen LogP contribution in [0.3, 0.4) is 0 Å². The van der Waals surface area contributed by atoms with Gasteiger partial charge in [-0.3, -0.25) is 24.1 Å². The molecule has 1 aliphatic heterocycles. The van der Waals surface area contributed by atoms with Gasteiger partial charge in [-0.1, -0.05) is 46.3 Å². The summed E-state index contributed by atoms with van der Waals surface area (Å²) < 4.78 is 17.4. The number of benzene rings is 3. The van der Waals surface area contributed by atoms with Gasteiger partial charge in [-0.05, 0) is 66.7 Å². The fourth-order valence-electron chi connectivity index (χ4n) is 3.73. The van der Waals surface area contributed by atoms with Crippen LogP contribution in [0.4, 0.5) is 10.5 Å². The topological polar surface area (TPSA) is 111 Å². The highest BCUT2D eigenvalue weighted by molar-refractivity contribution is 9.10. The molecule has 0 bridgehead atoms. The number of amides is 3. The first-order valence-corrected chi connectivity index (χ1v) is 13.8. The number of anilines is 1. The Balaban J connectivity index is 1.40. The van der Waals surface area contributed by atoms with Gasteiger partial charge in [0.25, 0.3) is 17.1 Å². The number of ketones is 1. The molecule has 0 radical (unpaired) electrons. The first kappa shape index (κ1) is 28.9. The number of imide groups is 1. The predicted octanol–water partition coefficient (Wildman–Crippen LogP) is 5.79. The summed E-state index contributed by atoms with van der Waals surface area (Å²) in [5, 5.41) is 2.24. The van der Waals surface area contributed by atoms with Gasteiger partial charge in [-0.25, -0.2) is 0 Å². The molecule has 0 unspecified atom stereocenters. The average molecular weight is 625 g/mol. The molecule has 1 saturated heterocycles. The zero-order chi connectivity index (χ0) is 28.6. The van der Waals surface area contributed by atoms with Crippen LogP contribution in [-0.4, -0.2) is 54.6 Å². The summed E-state index contributed by atoms with van der Waals surface area (Å²) in [5.41, 5.74) is 1.51. The Kier molecular flexibility index (Phi) is 9.62. The standard InChI is InChI=1S/C29H25BrN2O7S/c1-3-38-23-7-5-4-6-21(23)31-27(34)17-39-24-13-8-18(14-25(24)37-2)15-26-28(35)32(29(36)40-26)16-22(33)19-9-11-20(30)12-10-19/h4-15H,3,16-17H2,1-2H3,(H,31,34)/b26-15+. The number of halogens is 1. The molecule has 40 heavy (non-hydrogen) atoms. The molecule has 9 nitrogen and oxygen atoms in total. The minimum absolute atomic E-state index is 0.177. The van der Waals surface area contributed by atoms with E-state index in [0.717, 1.165) is 21.1 Å². The zero-order valence-electron chi connectivity index (χ0n) is 21.6. The SMILES string of the molecule is CCOc1ccccc1NC(=O)COc1ccc(/C=C2/SC(=O)N(CC(=O)c3ccc(Br)cc3)C2=O)cc1OC. The first-order chi connectivity index (χ1) is 19.3. The molecule has 3 aromatic carbocycles. The molecule has 0 spiro atoms. The van der Waals surface area contributed by atoms with Gasteiger partial charge in [-0.15, -0.1) is 0 Å². The van der Waals surface area contributed by atoms with Gasteiger partial charge in [0.2, 0.25) is 0 Å². The normalized spacial score (nSPS) is 13.9. The molecule has 1 aliphatic rings. The van der Waals surface area contributed by atoms with E-state index in [-0.39, 0.29) is 29.7 Å². The second-order valence-electron chi connectivity index (χ2n) is 8.37. The summed E-state index contributed by atoms with van der Waals surface area (Å²) >= 11 is 4.07. The van der Waals surface area contributed by atoms with E-state index in [2.05, 4.69) is 21.2 Å². The van der Waals surface area contributed by atoms with Crippen molar-refractivity contribution in [2.45, 2.75) is 6.92 Å². The highest BCUT2D eigenvalue weighted by Crippen LogP contribution is 2.35. The second kappa shape index (κ2) is 13.3. The van der Waals surface area contributed by atoms with Gasteiger partial charge < -0.3 is 19.5 Å². The molecule has 206 valence electrons. The lowest BCUT2D eigenvalue weighted by molar-refractivity contribution is -0.122. The van der Waals surface area contributed by atoms with E-state index in [9.17, 15) is 19.2 Å². The quantitative estimate of drug-likeness (QED) is 0.211. The maximum absolute atomic E-state index is 12.9. The van der Waals surface area contributed by atoms with Crippen molar-refractivity contribution in [3.05, 3.63) is 87.2 Å². The van der Waals surface area contributed by atoms with Crippen LogP contribution < -0.4 is 19.5 Å². The van der Waals surface area contributed by atoms with Crippen molar-refractivity contribution in [1.82, 2.24) is 4.90 Å². The number of nitrogens with zero attached hydrogens (tertiary/aromatic N) is 1. The Bertz CT molecular complexity index is 1470. The number of nitrogens with one attached hydrogen (secondary N) is 1. The summed E-state index contributed by atoms with van der Waals surface area (Å²) in [6, 6.07) is 18.7. The molecule has 3 aromatic rings. The lowest BCUT2D eigenvalue weighted by Gasteiger charge is -2.13. The van der Waals surface area contributed by atoms with Crippen molar-refractivity contribution in [2.24, 2.45) is 0 Å². The highest BCUT2D eigenvalue weighted by atomic mass is 79.9. The van der Waals surface area contributed by atoms with Crippen LogP contribution in [0.2, 0.25) is 0 Å². The minimum atomic E-state index is -0.552. The lowest BCUT2D eigenvalue weighted by Crippen LogP contribution is -2.33. The van der Waals surface area contributed by atoms with Crippen molar-refractivity contribution >= 4 is 62.3 Å². The number of thioether (sulfide) groups is 1. The molecule has 3 amide bonds. The van der Waals surface area contributed by atoms with Crippen molar-refractivity contribution in [1.29, 1.82) is 0 Å². The summed E-state index contributed by atoms with van der Waals surface area (Å²) in [4.78, 5) is 51.6. The average Bonchev–Trinajstić information content (AvgIpc) is 3.20. The molecule has 0 saturated carbocycles. The van der Waals surface area contributed by atoms with Crippen molar-refractivity contribution in [3.8, 4) is 17.2 Å². The molecule has 4 rings (SSSR count). The molecule has 1 fully saturated rings. The van der Waals surface area contributed by atoms with Gasteiger partial charge in [0.05, 0.1) is 30.9 Å². The third-order valence-electron chi connectivity index (χ3n) is 5.65. The summed E-state index contributed by atoms with van der Waals surface area (Å²) in [6.45, 7) is 1.69. The number of hydrogen-bond acceptors (Lipinski definition) is 8. The highest BCUT2D eigenvalue weighted by Gasteiger charge is 2.36. The van der Waals surface area contributed by atoms with Crippen LogP contribution in [0, 0.1) is 0 Å². The van der Waals surface area contributed by atoms with Crippen LogP contribution in [0.25, 0.3) is 6.08 Å². The Hall–Kier alpha value is -4.09. The van der Waals surface area contributed by atoms with Crippen LogP contribution in [0.1, 0.15) is 22.8 Å². The van der Waals surface area contributed by atoms with Crippen molar-refractivity contribution < 1.29 is 33.4 Å². The second-order valence-corrected chi connectivity index (χ2v) is 10.3. The maximum Gasteiger partial charge on any atom is 0.293 e. The molecule has 1 N–H and O–H groups in total. The molecular formula is C29H25BrN2O7S. The Morgan fingerprint density at radius 3 is 2.45 bits per heavy atom. The van der Waals surface area contributed by atoms with E-state index < -0.39 is 11.1 Å². The number of methoxy groups -OCH3 is 1. The van der Waals surface area contributed by atoms with E-state index in [1.807, 2.05) is 13.0 Å². The number of ether oxygens (including phenoxy) is 3. The molecule has 0 atom stereocenters. The van der Waals surface area contributed by atoms with Gasteiger partial charge in [0, 0.05) is 10.0 Å². The Labute approximate surface area is 243 Å². The number of Topliss-reactive ketones (excluding diaryl/α,β-unsaturated/α-hetero) is 1. The van der Waals surface area contributed by atoms with E-state index in [0.29, 0.717) is 40.7 Å². The molecular weight excluding hydrogens is 600 g/mol. The zero-order valence-corrected chi connectivity index (χ0v) is 24.0. The summed E-state index contributed by atoms with van der Waals surface area (Å²) in [6.07, 6.45) is 1.54. The van der Waals surface area contributed by atoms with Crippen LogP contribution in [-0.2, 0) is 9.59 Å². The van der Waals surface area contributed by atoms with E-state index >= 15 is 0 Å². The monoisotopic (exact) mass is 624 g/mol. The Morgan fingerprint density at radius 1 is 0.975 bits per heavy atom. The number of carbonyl (C=O) groups is 4. The summed E-state index contributed by atoms with van der Waals surface area (Å²) in [7, 11) is 1.45. The number of para-hydroxylation sites is 2. The van der Waals surface area contributed by atoms with Gasteiger partial charge >= 0.3 is 0 Å². The summed E-state index contributed by atoms with van der Waals surface area (Å²) in [5.74, 6) is -0.0672. The number of hydrogen-bond donors (Lipinski definition) is 1. The number of rotatable bonds is 11. The fraction of sp³-hybridized carbons (Fsp3) is 0.172. The van der Waals surface area contributed by atoms with Crippen LogP contribution in [0.5, 0.6) is 17.2 Å². The molecule has 0 aliphatic carbocycles. The van der Waals surface area contributed by atoms with Crippen molar-refractivity contribution in [2.75, 3.05) is 32.2 Å². The lowest BCUT2D eigenvalue weighted by atomic mass is 10.1. The van der Waals surface area contributed by atoms with Gasteiger partial charge in [0.15, 0.2) is 23.9 Å². The molecule has 1 heterocycles. The van der Waals surface area contributed by atoms with E-state index in [1.54, 1.807) is 66.7 Å². The Morgan fingerprint density at radius 2 is 1.73 bits per heavy atom. The van der Waals surface area contributed by atoms with E-state index in [4.69, 9.17) is 14.2 Å². The van der Waals surface area contributed by atoms with Crippen LogP contribution >= 0.6 is 27.7 Å². The minimum Gasteiger partial charge on any atom is -0.493 e. The van der Waals surface area contributed by atoms with Crippen LogP contribution in [0.15, 0.2) is 76.1 Å². The van der Waals surface area contributed by atoms with Gasteiger partial charge in [0.1, 0.15) is 5.75 Å². The third-order valence-corrected chi connectivity index (χ3v) is 7.08. The van der Waals surface area contributed by atoms with Gasteiger partial charge in [-0.2, -0.15) is 0 Å². The molecule has 11 heteroatoms. The maximum atomic E-state index is 12.9. The number of carbonyl (C=O) groups excluding carboxylic acids is 4. The fourth-order valence-corrected chi connectivity index (χ4v) is 4.84. The van der Waals surface area contributed by atoms with E-state index in [1.165, 1.54) is 7.11 Å². The largest absolute Gasteiger partial charge is 0.493 e.